The van der Waals surface area contributed by atoms with E-state index in [9.17, 15) is 4.79 Å². The number of carbonyl (C=O) groups is 1. The lowest BCUT2D eigenvalue weighted by Gasteiger charge is -2.14. The highest BCUT2D eigenvalue weighted by atomic mass is 16.5. The van der Waals surface area contributed by atoms with Crippen LogP contribution in [0, 0.1) is 6.92 Å². The van der Waals surface area contributed by atoms with E-state index in [1.54, 1.807) is 6.20 Å². The van der Waals surface area contributed by atoms with Gasteiger partial charge in [-0.25, -0.2) is 4.79 Å². The lowest BCUT2D eigenvalue weighted by atomic mass is 9.98. The van der Waals surface area contributed by atoms with Crippen LogP contribution in [0.3, 0.4) is 0 Å². The van der Waals surface area contributed by atoms with Crippen LogP contribution in [0.4, 0.5) is 4.79 Å². The van der Waals surface area contributed by atoms with Crippen molar-refractivity contribution in [3.8, 4) is 11.1 Å². The summed E-state index contributed by atoms with van der Waals surface area (Å²) in [6, 6.07) is 18.6. The van der Waals surface area contributed by atoms with E-state index in [2.05, 4.69) is 34.6 Å². The average Bonchev–Trinajstić information content (AvgIpc) is 3.05. The van der Waals surface area contributed by atoms with Crippen molar-refractivity contribution >= 4 is 12.2 Å². The van der Waals surface area contributed by atoms with Crippen LogP contribution in [0.1, 0.15) is 28.2 Å². The Morgan fingerprint density at radius 1 is 1.07 bits per heavy atom. The predicted octanol–water partition coefficient (Wildman–Crippen LogP) is 4.94. The molecule has 4 heteroatoms. The summed E-state index contributed by atoms with van der Waals surface area (Å²) in [6.45, 7) is 2.75. The van der Waals surface area contributed by atoms with Gasteiger partial charge in [0.15, 0.2) is 0 Å². The molecule has 4 nitrogen and oxygen atoms in total. The fourth-order valence-corrected chi connectivity index (χ4v) is 3.65. The van der Waals surface area contributed by atoms with E-state index in [0.717, 1.165) is 11.1 Å². The number of alkyl carbamates (subject to hydrolysis) is 1. The molecule has 0 saturated heterocycles. The zero-order valence-corrected chi connectivity index (χ0v) is 15.8. The Kier molecular flexibility index (Phi) is 5.20. The van der Waals surface area contributed by atoms with Crippen molar-refractivity contribution in [1.29, 1.82) is 0 Å². The number of hydrogen-bond acceptors (Lipinski definition) is 3. The molecule has 1 aromatic heterocycles. The van der Waals surface area contributed by atoms with Gasteiger partial charge in [0.2, 0.25) is 0 Å². The Labute approximate surface area is 164 Å². The molecule has 0 fully saturated rings. The Morgan fingerprint density at radius 2 is 1.75 bits per heavy atom. The van der Waals surface area contributed by atoms with Gasteiger partial charge in [-0.1, -0.05) is 60.7 Å². The monoisotopic (exact) mass is 370 g/mol. The number of fused-ring (bicyclic) bond motifs is 3. The molecular weight excluding hydrogens is 348 g/mol. The molecule has 0 radical (unpaired) electrons. The summed E-state index contributed by atoms with van der Waals surface area (Å²) in [5.41, 5.74) is 7.06. The van der Waals surface area contributed by atoms with E-state index in [0.29, 0.717) is 13.2 Å². The number of nitrogens with zero attached hydrogens (tertiary/aromatic N) is 1. The van der Waals surface area contributed by atoms with Gasteiger partial charge in [0.25, 0.3) is 0 Å². The second kappa shape index (κ2) is 8.09. The highest BCUT2D eigenvalue weighted by Gasteiger charge is 2.28. The van der Waals surface area contributed by atoms with Gasteiger partial charge in [-0.3, -0.25) is 4.98 Å². The average molecular weight is 370 g/mol. The topological polar surface area (TPSA) is 51.2 Å². The molecule has 0 unspecified atom stereocenters. The number of rotatable bonds is 5. The number of pyridine rings is 1. The molecule has 1 aliphatic carbocycles. The minimum absolute atomic E-state index is 0.0770. The molecule has 1 heterocycles. The van der Waals surface area contributed by atoms with E-state index < -0.39 is 6.09 Å². The van der Waals surface area contributed by atoms with Crippen molar-refractivity contribution in [3.05, 3.63) is 95.3 Å². The molecule has 0 atom stereocenters. The van der Waals surface area contributed by atoms with Crippen LogP contribution in [0.5, 0.6) is 0 Å². The smallest absolute Gasteiger partial charge is 0.407 e. The maximum atomic E-state index is 12.1. The second-order valence-electron chi connectivity index (χ2n) is 6.84. The predicted molar refractivity (Wildman–Crippen MR) is 111 cm³/mol. The van der Waals surface area contributed by atoms with Crippen LogP contribution >= 0.6 is 0 Å². The van der Waals surface area contributed by atoms with Gasteiger partial charge in [-0.05, 0) is 46.4 Å². The van der Waals surface area contributed by atoms with Crippen molar-refractivity contribution in [2.45, 2.75) is 12.8 Å². The van der Waals surface area contributed by atoms with Gasteiger partial charge >= 0.3 is 6.09 Å². The third-order valence-corrected chi connectivity index (χ3v) is 5.07. The highest BCUT2D eigenvalue weighted by Crippen LogP contribution is 2.44. The Morgan fingerprint density at radius 3 is 2.43 bits per heavy atom. The number of hydrogen-bond donors (Lipinski definition) is 1. The molecule has 3 aromatic rings. The van der Waals surface area contributed by atoms with Crippen molar-refractivity contribution in [2.75, 3.05) is 13.2 Å². The Balaban J connectivity index is 1.35. The summed E-state index contributed by atoms with van der Waals surface area (Å²) in [5.74, 6) is 0.0770. The Bertz CT molecular complexity index is 981. The molecule has 0 aliphatic heterocycles. The minimum atomic E-state index is -0.405. The number of carbonyl (C=O) groups excluding carboxylic acids is 1. The van der Waals surface area contributed by atoms with Crippen molar-refractivity contribution in [3.63, 3.8) is 0 Å². The van der Waals surface area contributed by atoms with Gasteiger partial charge in [-0.15, -0.1) is 0 Å². The zero-order valence-electron chi connectivity index (χ0n) is 15.8. The molecule has 2 aromatic carbocycles. The fourth-order valence-electron chi connectivity index (χ4n) is 3.65. The van der Waals surface area contributed by atoms with E-state index in [4.69, 9.17) is 4.74 Å². The summed E-state index contributed by atoms with van der Waals surface area (Å²) >= 11 is 0. The van der Waals surface area contributed by atoms with Gasteiger partial charge in [-0.2, -0.15) is 0 Å². The van der Waals surface area contributed by atoms with Crippen LogP contribution in [0.25, 0.3) is 17.2 Å². The zero-order chi connectivity index (χ0) is 19.3. The molecule has 28 heavy (non-hydrogen) atoms. The van der Waals surface area contributed by atoms with Crippen LogP contribution in [-0.4, -0.2) is 24.2 Å². The molecular formula is C24H22N2O2. The maximum Gasteiger partial charge on any atom is 0.407 e. The van der Waals surface area contributed by atoms with Crippen molar-refractivity contribution in [1.82, 2.24) is 10.3 Å². The highest BCUT2D eigenvalue weighted by molar-refractivity contribution is 5.79. The molecule has 0 bridgehead atoms. The van der Waals surface area contributed by atoms with Crippen LogP contribution < -0.4 is 5.32 Å². The second-order valence-corrected chi connectivity index (χ2v) is 6.84. The van der Waals surface area contributed by atoms with Crippen LogP contribution in [-0.2, 0) is 4.74 Å². The molecule has 0 saturated carbocycles. The first-order valence-electron chi connectivity index (χ1n) is 9.40. The minimum Gasteiger partial charge on any atom is -0.449 e. The first-order valence-corrected chi connectivity index (χ1v) is 9.40. The summed E-state index contributed by atoms with van der Waals surface area (Å²) in [7, 11) is 0. The molecule has 1 aliphatic rings. The van der Waals surface area contributed by atoms with Gasteiger partial charge in [0.05, 0.1) is 0 Å². The van der Waals surface area contributed by atoms with E-state index >= 15 is 0 Å². The number of ether oxygens (including phenoxy) is 1. The fraction of sp³-hybridized carbons (Fsp3) is 0.167. The van der Waals surface area contributed by atoms with Gasteiger partial charge in [0, 0.05) is 24.9 Å². The van der Waals surface area contributed by atoms with Gasteiger partial charge < -0.3 is 10.1 Å². The van der Waals surface area contributed by atoms with E-state index in [1.165, 1.54) is 22.3 Å². The first-order chi connectivity index (χ1) is 13.7. The number of aromatic nitrogens is 1. The molecule has 140 valence electrons. The normalized spacial score (nSPS) is 12.6. The molecule has 0 spiro atoms. The number of benzene rings is 2. The SMILES string of the molecule is Cc1cnccc1C=CCNC(=O)OCC1c2ccccc2-c2ccccc21. The lowest BCUT2D eigenvalue weighted by Crippen LogP contribution is -2.26. The van der Waals surface area contributed by atoms with E-state index in [1.807, 2.05) is 55.6 Å². The lowest BCUT2D eigenvalue weighted by molar-refractivity contribution is 0.144. The summed E-state index contributed by atoms with van der Waals surface area (Å²) < 4.78 is 5.52. The van der Waals surface area contributed by atoms with Crippen LogP contribution in [0.15, 0.2) is 73.1 Å². The molecule has 1 N–H and O–H groups in total. The number of aryl methyl sites for hydroxylation is 1. The Hall–Kier alpha value is -3.40. The summed E-state index contributed by atoms with van der Waals surface area (Å²) in [5, 5.41) is 2.78. The number of nitrogens with one attached hydrogen (secondary N) is 1. The van der Waals surface area contributed by atoms with Crippen LogP contribution in [0.2, 0.25) is 0 Å². The first kappa shape index (κ1) is 18.0. The number of amides is 1. The quantitative estimate of drug-likeness (QED) is 0.692. The summed E-state index contributed by atoms with van der Waals surface area (Å²) in [4.78, 5) is 16.2. The third-order valence-electron chi connectivity index (χ3n) is 5.07. The van der Waals surface area contributed by atoms with Crippen molar-refractivity contribution < 1.29 is 9.53 Å². The van der Waals surface area contributed by atoms with Crippen molar-refractivity contribution in [2.24, 2.45) is 0 Å². The largest absolute Gasteiger partial charge is 0.449 e. The van der Waals surface area contributed by atoms with E-state index in [-0.39, 0.29) is 5.92 Å². The maximum absolute atomic E-state index is 12.1. The standard InChI is InChI=1S/C24H22N2O2/c1-17-15-25-14-12-18(17)7-6-13-26-24(27)28-16-23-21-10-4-2-8-19(21)20-9-3-5-11-22(20)23/h2-12,14-15,23H,13,16H2,1H3,(H,26,27). The van der Waals surface area contributed by atoms with Gasteiger partial charge in [0.1, 0.15) is 6.61 Å². The summed E-state index contributed by atoms with van der Waals surface area (Å²) in [6.07, 6.45) is 7.05. The molecule has 4 rings (SSSR count). The third kappa shape index (κ3) is 3.67. The molecule has 1 amide bonds.